The highest BCUT2D eigenvalue weighted by Crippen LogP contribution is 2.25. The lowest BCUT2D eigenvalue weighted by Gasteiger charge is -2.14. The van der Waals surface area contributed by atoms with Crippen molar-refractivity contribution in [2.24, 2.45) is 0 Å². The van der Waals surface area contributed by atoms with E-state index in [0.717, 1.165) is 12.2 Å². The molecule has 0 atom stereocenters. The van der Waals surface area contributed by atoms with Gasteiger partial charge in [-0.1, -0.05) is 13.0 Å². The number of aryl methyl sites for hydroxylation is 2. The van der Waals surface area contributed by atoms with Gasteiger partial charge in [0.05, 0.1) is 6.10 Å². The van der Waals surface area contributed by atoms with E-state index in [0.29, 0.717) is 6.10 Å². The normalized spacial score (nSPS) is 16.9. The van der Waals surface area contributed by atoms with Gasteiger partial charge < -0.3 is 4.74 Å². The molecule has 0 spiro atoms. The third-order valence-electron chi connectivity index (χ3n) is 3.12. The maximum absolute atomic E-state index is 6.00. The second kappa shape index (κ2) is 4.69. The van der Waals surface area contributed by atoms with Crippen LogP contribution in [0.5, 0.6) is 5.75 Å². The highest BCUT2D eigenvalue weighted by molar-refractivity contribution is 5.34. The van der Waals surface area contributed by atoms with Gasteiger partial charge >= 0.3 is 0 Å². The highest BCUT2D eigenvalue weighted by atomic mass is 16.5. The lowest BCUT2D eigenvalue weighted by molar-refractivity contribution is 0.210. The summed E-state index contributed by atoms with van der Waals surface area (Å²) < 4.78 is 6.00. The molecular weight excluding hydrogens is 184 g/mol. The van der Waals surface area contributed by atoms with Gasteiger partial charge in [0.1, 0.15) is 5.75 Å². The molecule has 0 radical (unpaired) electrons. The molecular formula is C14H20O. The van der Waals surface area contributed by atoms with Gasteiger partial charge in [-0.05, 0) is 62.3 Å². The van der Waals surface area contributed by atoms with Crippen LogP contribution in [0.4, 0.5) is 0 Å². The van der Waals surface area contributed by atoms with Crippen LogP contribution in [0.3, 0.4) is 0 Å². The largest absolute Gasteiger partial charge is 0.490 e. The smallest absolute Gasteiger partial charge is 0.120 e. The fourth-order valence-corrected chi connectivity index (χ4v) is 2.30. The molecule has 0 bridgehead atoms. The number of hydrogen-bond donors (Lipinski definition) is 0. The Bertz CT molecular complexity index is 324. The van der Waals surface area contributed by atoms with Gasteiger partial charge in [0, 0.05) is 0 Å². The SMILES string of the molecule is CCc1cc(C)cc(OC2CCCC2)c1. The van der Waals surface area contributed by atoms with Crippen LogP contribution in [0.1, 0.15) is 43.7 Å². The summed E-state index contributed by atoms with van der Waals surface area (Å²) in [5.41, 5.74) is 2.69. The zero-order chi connectivity index (χ0) is 10.7. The first kappa shape index (κ1) is 10.5. The van der Waals surface area contributed by atoms with E-state index >= 15 is 0 Å². The molecule has 1 heteroatoms. The minimum absolute atomic E-state index is 0.469. The van der Waals surface area contributed by atoms with Gasteiger partial charge in [-0.3, -0.25) is 0 Å². The van der Waals surface area contributed by atoms with Crippen LogP contribution in [0, 0.1) is 6.92 Å². The molecule has 0 aliphatic heterocycles. The Hall–Kier alpha value is -0.980. The maximum atomic E-state index is 6.00. The summed E-state index contributed by atoms with van der Waals surface area (Å²) in [5, 5.41) is 0. The van der Waals surface area contributed by atoms with Crippen molar-refractivity contribution in [3.63, 3.8) is 0 Å². The van der Waals surface area contributed by atoms with Crippen molar-refractivity contribution >= 4 is 0 Å². The molecule has 82 valence electrons. The van der Waals surface area contributed by atoms with E-state index < -0.39 is 0 Å². The van der Waals surface area contributed by atoms with E-state index in [-0.39, 0.29) is 0 Å². The Morgan fingerprint density at radius 3 is 2.60 bits per heavy atom. The second-order valence-electron chi connectivity index (χ2n) is 4.53. The van der Waals surface area contributed by atoms with E-state index in [1.165, 1.54) is 36.8 Å². The number of ether oxygens (including phenoxy) is 1. The summed E-state index contributed by atoms with van der Waals surface area (Å²) in [6, 6.07) is 6.57. The monoisotopic (exact) mass is 204 g/mol. The molecule has 1 nitrogen and oxygen atoms in total. The third-order valence-corrected chi connectivity index (χ3v) is 3.12. The van der Waals surface area contributed by atoms with Gasteiger partial charge in [-0.15, -0.1) is 0 Å². The lowest BCUT2D eigenvalue weighted by atomic mass is 10.1. The van der Waals surface area contributed by atoms with Crippen molar-refractivity contribution in [1.29, 1.82) is 0 Å². The Morgan fingerprint density at radius 2 is 1.93 bits per heavy atom. The van der Waals surface area contributed by atoms with E-state index in [1.54, 1.807) is 0 Å². The summed E-state index contributed by atoms with van der Waals surface area (Å²) in [6.07, 6.45) is 6.68. The third kappa shape index (κ3) is 2.74. The van der Waals surface area contributed by atoms with Crippen LogP contribution < -0.4 is 4.74 Å². The first-order valence-electron chi connectivity index (χ1n) is 6.05. The maximum Gasteiger partial charge on any atom is 0.120 e. The average molecular weight is 204 g/mol. The molecule has 0 unspecified atom stereocenters. The molecule has 0 saturated heterocycles. The van der Waals surface area contributed by atoms with Crippen LogP contribution in [0.15, 0.2) is 18.2 Å². The molecule has 0 heterocycles. The zero-order valence-corrected chi connectivity index (χ0v) is 9.75. The van der Waals surface area contributed by atoms with Crippen molar-refractivity contribution < 1.29 is 4.74 Å². The Morgan fingerprint density at radius 1 is 1.20 bits per heavy atom. The van der Waals surface area contributed by atoms with Gasteiger partial charge in [0.15, 0.2) is 0 Å². The lowest BCUT2D eigenvalue weighted by Crippen LogP contribution is -2.11. The summed E-state index contributed by atoms with van der Waals surface area (Å²) >= 11 is 0. The van der Waals surface area contributed by atoms with Crippen molar-refractivity contribution in [1.82, 2.24) is 0 Å². The standard InChI is InChI=1S/C14H20O/c1-3-12-8-11(2)9-14(10-12)15-13-6-4-5-7-13/h8-10,13H,3-7H2,1-2H3. The topological polar surface area (TPSA) is 9.23 Å². The van der Waals surface area contributed by atoms with Crippen molar-refractivity contribution in [3.8, 4) is 5.75 Å². The molecule has 0 amide bonds. The molecule has 0 N–H and O–H groups in total. The van der Waals surface area contributed by atoms with E-state index in [2.05, 4.69) is 32.0 Å². The molecule has 15 heavy (non-hydrogen) atoms. The van der Waals surface area contributed by atoms with Crippen molar-refractivity contribution in [2.75, 3.05) is 0 Å². The quantitative estimate of drug-likeness (QED) is 0.726. The molecule has 0 aromatic heterocycles. The van der Waals surface area contributed by atoms with Crippen molar-refractivity contribution in [2.45, 2.75) is 52.1 Å². The van der Waals surface area contributed by atoms with E-state index in [9.17, 15) is 0 Å². The van der Waals surface area contributed by atoms with Crippen molar-refractivity contribution in [3.05, 3.63) is 29.3 Å². The van der Waals surface area contributed by atoms with Crippen LogP contribution in [-0.4, -0.2) is 6.10 Å². The van der Waals surface area contributed by atoms with Crippen LogP contribution in [0.25, 0.3) is 0 Å². The minimum atomic E-state index is 0.469. The summed E-state index contributed by atoms with van der Waals surface area (Å²) in [6.45, 7) is 4.33. The predicted octanol–water partition coefficient (Wildman–Crippen LogP) is 3.88. The first-order chi connectivity index (χ1) is 7.28. The Labute approximate surface area is 92.5 Å². The van der Waals surface area contributed by atoms with E-state index in [4.69, 9.17) is 4.74 Å². The molecule has 1 saturated carbocycles. The Kier molecular flexibility index (Phi) is 3.30. The highest BCUT2D eigenvalue weighted by Gasteiger charge is 2.16. The average Bonchev–Trinajstić information content (AvgIpc) is 2.69. The number of hydrogen-bond acceptors (Lipinski definition) is 1. The fraction of sp³-hybridized carbons (Fsp3) is 0.571. The first-order valence-corrected chi connectivity index (χ1v) is 6.05. The second-order valence-corrected chi connectivity index (χ2v) is 4.53. The van der Waals surface area contributed by atoms with Gasteiger partial charge in [-0.2, -0.15) is 0 Å². The van der Waals surface area contributed by atoms with Crippen LogP contribution in [0.2, 0.25) is 0 Å². The van der Waals surface area contributed by atoms with Crippen LogP contribution in [-0.2, 0) is 6.42 Å². The Balaban J connectivity index is 2.09. The van der Waals surface area contributed by atoms with Crippen LogP contribution >= 0.6 is 0 Å². The fourth-order valence-electron chi connectivity index (χ4n) is 2.30. The molecule has 1 aromatic carbocycles. The number of benzene rings is 1. The summed E-state index contributed by atoms with van der Waals surface area (Å²) in [4.78, 5) is 0. The molecule has 1 fully saturated rings. The molecule has 2 rings (SSSR count). The summed E-state index contributed by atoms with van der Waals surface area (Å²) in [7, 11) is 0. The molecule has 1 aliphatic carbocycles. The molecule has 1 aromatic rings. The summed E-state index contributed by atoms with van der Waals surface area (Å²) in [5.74, 6) is 1.07. The number of rotatable bonds is 3. The minimum Gasteiger partial charge on any atom is -0.490 e. The zero-order valence-electron chi connectivity index (χ0n) is 9.75. The van der Waals surface area contributed by atoms with Gasteiger partial charge in [0.2, 0.25) is 0 Å². The van der Waals surface area contributed by atoms with E-state index in [1.807, 2.05) is 0 Å². The van der Waals surface area contributed by atoms with Gasteiger partial charge in [-0.25, -0.2) is 0 Å². The van der Waals surface area contributed by atoms with Gasteiger partial charge in [0.25, 0.3) is 0 Å². The molecule has 1 aliphatic rings. The predicted molar refractivity (Wildman–Crippen MR) is 63.4 cm³/mol.